The third-order valence-corrected chi connectivity index (χ3v) is 6.00. The molecule has 3 aromatic rings. The highest BCUT2D eigenvalue weighted by Gasteiger charge is 2.18. The number of benzene rings is 2. The van der Waals surface area contributed by atoms with Crippen LogP contribution in [0.25, 0.3) is 20.2 Å². The highest BCUT2D eigenvalue weighted by molar-refractivity contribution is 7.25. The van der Waals surface area contributed by atoms with Gasteiger partial charge in [-0.3, -0.25) is 0 Å². The van der Waals surface area contributed by atoms with E-state index in [2.05, 4.69) is 27.7 Å². The van der Waals surface area contributed by atoms with E-state index in [1.807, 2.05) is 6.07 Å². The van der Waals surface area contributed by atoms with E-state index in [0.29, 0.717) is 45.2 Å². The van der Waals surface area contributed by atoms with E-state index in [1.165, 1.54) is 0 Å². The van der Waals surface area contributed by atoms with Gasteiger partial charge >= 0.3 is 0 Å². The lowest BCUT2D eigenvalue weighted by molar-refractivity contribution is 0.247. The van der Waals surface area contributed by atoms with Gasteiger partial charge in [-0.15, -0.1) is 11.3 Å². The predicted octanol–water partition coefficient (Wildman–Crippen LogP) is 7.18. The van der Waals surface area contributed by atoms with Crippen LogP contribution >= 0.6 is 11.3 Å². The minimum absolute atomic E-state index is 0.225. The van der Waals surface area contributed by atoms with Crippen LogP contribution in [0.4, 0.5) is 8.78 Å². The lowest BCUT2D eigenvalue weighted by atomic mass is 10.1. The summed E-state index contributed by atoms with van der Waals surface area (Å²) in [6.07, 6.45) is 1.83. The maximum atomic E-state index is 14.9. The number of ether oxygens (including phenoxy) is 2. The van der Waals surface area contributed by atoms with Gasteiger partial charge in [-0.25, -0.2) is 8.78 Å². The average Bonchev–Trinajstić information content (AvgIpc) is 3.03. The minimum atomic E-state index is -0.418. The Hall–Kier alpha value is -1.88. The van der Waals surface area contributed by atoms with Gasteiger partial charge in [-0.2, -0.15) is 0 Å². The molecule has 0 amide bonds. The SMILES string of the molecule is CC[C@@H](C)COc1ccc2c(sc3c(F)c(OCCC(C)C)ccc32)c1F. The molecule has 0 N–H and O–H groups in total. The van der Waals surface area contributed by atoms with E-state index in [9.17, 15) is 8.78 Å². The van der Waals surface area contributed by atoms with Crippen molar-refractivity contribution in [3.05, 3.63) is 35.9 Å². The summed E-state index contributed by atoms with van der Waals surface area (Å²) in [6.45, 7) is 9.26. The van der Waals surface area contributed by atoms with Crippen LogP contribution in [-0.2, 0) is 0 Å². The monoisotopic (exact) mass is 392 g/mol. The van der Waals surface area contributed by atoms with Gasteiger partial charge in [-0.1, -0.05) is 34.1 Å². The maximum Gasteiger partial charge on any atom is 0.182 e. The van der Waals surface area contributed by atoms with E-state index in [1.54, 1.807) is 18.2 Å². The Morgan fingerprint density at radius 1 is 0.889 bits per heavy atom. The topological polar surface area (TPSA) is 18.5 Å². The summed E-state index contributed by atoms with van der Waals surface area (Å²) in [5, 5.41) is 1.41. The zero-order chi connectivity index (χ0) is 19.6. The van der Waals surface area contributed by atoms with Crippen molar-refractivity contribution in [1.29, 1.82) is 0 Å². The molecule has 27 heavy (non-hydrogen) atoms. The van der Waals surface area contributed by atoms with Crippen molar-refractivity contribution >= 4 is 31.5 Å². The second-order valence-electron chi connectivity index (χ2n) is 7.47. The lowest BCUT2D eigenvalue weighted by Gasteiger charge is -2.11. The molecule has 0 bridgehead atoms. The minimum Gasteiger partial charge on any atom is -0.490 e. The highest BCUT2D eigenvalue weighted by atomic mass is 32.1. The van der Waals surface area contributed by atoms with E-state index in [4.69, 9.17) is 9.47 Å². The highest BCUT2D eigenvalue weighted by Crippen LogP contribution is 2.41. The second-order valence-corrected chi connectivity index (χ2v) is 8.49. The molecule has 3 rings (SSSR count). The Labute approximate surface area is 163 Å². The molecule has 146 valence electrons. The first kappa shape index (κ1) is 19.9. The van der Waals surface area contributed by atoms with Crippen molar-refractivity contribution in [2.24, 2.45) is 11.8 Å². The van der Waals surface area contributed by atoms with Crippen molar-refractivity contribution in [2.75, 3.05) is 13.2 Å². The molecule has 1 heterocycles. The summed E-state index contributed by atoms with van der Waals surface area (Å²) >= 11 is 1.11. The first-order valence-electron chi connectivity index (χ1n) is 9.51. The second kappa shape index (κ2) is 8.42. The van der Waals surface area contributed by atoms with Crippen LogP contribution in [0.5, 0.6) is 11.5 Å². The van der Waals surface area contributed by atoms with Gasteiger partial charge in [0.1, 0.15) is 0 Å². The molecule has 0 radical (unpaired) electrons. The van der Waals surface area contributed by atoms with Crippen molar-refractivity contribution in [3.63, 3.8) is 0 Å². The summed E-state index contributed by atoms with van der Waals surface area (Å²) in [7, 11) is 0. The molecule has 0 saturated carbocycles. The van der Waals surface area contributed by atoms with E-state index in [-0.39, 0.29) is 11.5 Å². The van der Waals surface area contributed by atoms with Crippen molar-refractivity contribution in [2.45, 2.75) is 40.5 Å². The van der Waals surface area contributed by atoms with Gasteiger partial charge in [0, 0.05) is 10.8 Å². The Balaban J connectivity index is 1.94. The Bertz CT molecular complexity index is 933. The quantitative estimate of drug-likeness (QED) is 0.404. The number of hydrogen-bond acceptors (Lipinski definition) is 3. The molecule has 0 unspecified atom stereocenters. The molecule has 0 fully saturated rings. The molecule has 0 aliphatic carbocycles. The Kier molecular flexibility index (Phi) is 6.20. The molecule has 2 aromatic carbocycles. The zero-order valence-electron chi connectivity index (χ0n) is 16.3. The Morgan fingerprint density at radius 3 is 1.96 bits per heavy atom. The summed E-state index contributed by atoms with van der Waals surface area (Å²) in [6, 6.07) is 6.88. The number of fused-ring (bicyclic) bond motifs is 3. The van der Waals surface area contributed by atoms with Gasteiger partial charge in [0.05, 0.1) is 22.6 Å². The number of hydrogen-bond donors (Lipinski definition) is 0. The van der Waals surface area contributed by atoms with Crippen molar-refractivity contribution in [3.8, 4) is 11.5 Å². The van der Waals surface area contributed by atoms with E-state index < -0.39 is 11.6 Å². The fourth-order valence-corrected chi connectivity index (χ4v) is 3.94. The van der Waals surface area contributed by atoms with Gasteiger partial charge in [-0.05, 0) is 42.5 Å². The van der Waals surface area contributed by atoms with E-state index >= 15 is 0 Å². The van der Waals surface area contributed by atoms with Crippen LogP contribution < -0.4 is 9.47 Å². The van der Waals surface area contributed by atoms with Gasteiger partial charge in [0.15, 0.2) is 23.1 Å². The largest absolute Gasteiger partial charge is 0.490 e. The molecular weight excluding hydrogens is 366 g/mol. The normalized spacial score (nSPS) is 12.9. The fraction of sp³-hybridized carbons (Fsp3) is 0.455. The number of halogens is 2. The molecule has 0 aliphatic heterocycles. The van der Waals surface area contributed by atoms with Gasteiger partial charge < -0.3 is 9.47 Å². The molecule has 0 saturated heterocycles. The third kappa shape index (κ3) is 4.18. The van der Waals surface area contributed by atoms with Crippen LogP contribution in [0.15, 0.2) is 24.3 Å². The molecule has 2 nitrogen and oxygen atoms in total. The molecular formula is C22H26F2O2S. The molecule has 0 spiro atoms. The first-order chi connectivity index (χ1) is 12.9. The van der Waals surface area contributed by atoms with Crippen LogP contribution in [0.3, 0.4) is 0 Å². The van der Waals surface area contributed by atoms with Crippen LogP contribution in [0, 0.1) is 23.5 Å². The van der Waals surface area contributed by atoms with E-state index in [0.717, 1.165) is 24.2 Å². The molecule has 1 atom stereocenters. The molecule has 0 aliphatic rings. The average molecular weight is 393 g/mol. The summed E-state index contributed by atoms with van der Waals surface area (Å²) < 4.78 is 41.9. The number of thiophene rings is 1. The summed E-state index contributed by atoms with van der Waals surface area (Å²) in [5.41, 5.74) is 0. The summed E-state index contributed by atoms with van der Waals surface area (Å²) in [5.74, 6) is 0.457. The molecule has 1 aromatic heterocycles. The predicted molar refractivity (Wildman–Crippen MR) is 109 cm³/mol. The maximum absolute atomic E-state index is 14.9. The standard InChI is InChI=1S/C22H26F2O2S/c1-5-14(4)12-26-18-9-7-16-15-6-8-17(25-11-10-13(2)3)19(23)21(15)27-22(16)20(18)24/h6-9,13-14H,5,10-12H2,1-4H3/t14-/m1/s1. The fourth-order valence-electron chi connectivity index (χ4n) is 2.78. The van der Waals surface area contributed by atoms with Crippen LogP contribution in [0.2, 0.25) is 0 Å². The van der Waals surface area contributed by atoms with Crippen molar-refractivity contribution < 1.29 is 18.3 Å². The van der Waals surface area contributed by atoms with Crippen LogP contribution in [-0.4, -0.2) is 13.2 Å². The summed E-state index contributed by atoms with van der Waals surface area (Å²) in [4.78, 5) is 0. The molecule has 5 heteroatoms. The first-order valence-corrected chi connectivity index (χ1v) is 10.3. The van der Waals surface area contributed by atoms with Gasteiger partial charge in [0.25, 0.3) is 0 Å². The smallest absolute Gasteiger partial charge is 0.182 e. The van der Waals surface area contributed by atoms with Crippen LogP contribution in [0.1, 0.15) is 40.5 Å². The third-order valence-electron chi connectivity index (χ3n) is 4.79. The lowest BCUT2D eigenvalue weighted by Crippen LogP contribution is -2.08. The zero-order valence-corrected chi connectivity index (χ0v) is 17.1. The Morgan fingerprint density at radius 2 is 1.44 bits per heavy atom. The van der Waals surface area contributed by atoms with Crippen molar-refractivity contribution in [1.82, 2.24) is 0 Å². The number of rotatable bonds is 8. The van der Waals surface area contributed by atoms with Gasteiger partial charge in [0.2, 0.25) is 0 Å².